The lowest BCUT2D eigenvalue weighted by Gasteiger charge is -2.37. The molecule has 0 aliphatic carbocycles. The molecule has 4 heterocycles. The lowest BCUT2D eigenvalue weighted by molar-refractivity contribution is 0.408. The molecule has 0 amide bonds. The van der Waals surface area contributed by atoms with E-state index in [1.807, 2.05) is 6.07 Å². The number of furan rings is 1. The fraction of sp³-hybridized carbons (Fsp3) is 0. The lowest BCUT2D eigenvalue weighted by atomic mass is 10.1. The highest BCUT2D eigenvalue weighted by Gasteiger charge is 2.44. The van der Waals surface area contributed by atoms with Crippen LogP contribution in [0.2, 0.25) is 0 Å². The number of para-hydroxylation sites is 2. The van der Waals surface area contributed by atoms with Gasteiger partial charge in [-0.25, -0.2) is 10.0 Å². The zero-order valence-corrected chi connectivity index (χ0v) is 44.1. The van der Waals surface area contributed by atoms with Crippen LogP contribution >= 0.6 is 0 Å². The molecule has 0 fully saturated rings. The predicted molar refractivity (Wildman–Crippen MR) is 326 cm³/mol. The number of aromatic nitrogens is 1. The van der Waals surface area contributed by atoms with Crippen LogP contribution in [0.4, 0.5) is 17.1 Å². The largest absolute Gasteiger partial charge is 0.456 e. The molecule has 5 nitrogen and oxygen atoms in total. The summed E-state index contributed by atoms with van der Waals surface area (Å²) in [4.78, 5) is 0. The van der Waals surface area contributed by atoms with Gasteiger partial charge in [-0.3, -0.25) is 0 Å². The molecule has 0 N–H and O–H groups in total. The molecule has 2 aromatic heterocycles. The molecule has 0 radical (unpaired) electrons. The van der Waals surface area contributed by atoms with Crippen molar-refractivity contribution in [1.82, 2.24) is 9.69 Å². The first kappa shape index (κ1) is 44.8. The smallest absolute Gasteiger partial charge is 0.179 e. The summed E-state index contributed by atoms with van der Waals surface area (Å²) in [5.74, 6) is 0. The van der Waals surface area contributed by atoms with Crippen molar-refractivity contribution in [2.75, 3.05) is 10.0 Å². The maximum atomic E-state index is 6.64. The van der Waals surface area contributed by atoms with Crippen LogP contribution in [0.1, 0.15) is 0 Å². The summed E-state index contributed by atoms with van der Waals surface area (Å²) in [5, 5.41) is 22.2. The van der Waals surface area contributed by atoms with Crippen molar-refractivity contribution < 1.29 is 4.42 Å². The second kappa shape index (κ2) is 18.0. The third kappa shape index (κ3) is 6.84. The topological polar surface area (TPSA) is 27.8 Å². The molecule has 0 spiro atoms. The number of hydrazine groups is 2. The molecule has 0 saturated carbocycles. The van der Waals surface area contributed by atoms with Crippen molar-refractivity contribution >= 4 is 118 Å². The summed E-state index contributed by atoms with van der Waals surface area (Å²) in [6.07, 6.45) is 8.56. The minimum Gasteiger partial charge on any atom is -0.456 e. The number of hydrogen-bond donors (Lipinski definition) is 0. The van der Waals surface area contributed by atoms with E-state index < -0.39 is 16.1 Å². The van der Waals surface area contributed by atoms with Gasteiger partial charge in [0.1, 0.15) is 11.2 Å². The van der Waals surface area contributed by atoms with Crippen LogP contribution in [0.15, 0.2) is 308 Å². The van der Waals surface area contributed by atoms with E-state index in [9.17, 15) is 0 Å². The number of anilines is 3. The molecule has 2 aliphatic rings. The maximum absolute atomic E-state index is 6.64. The van der Waals surface area contributed by atoms with Gasteiger partial charge >= 0.3 is 0 Å². The number of hydrogen-bond acceptors (Lipinski definition) is 4. The van der Waals surface area contributed by atoms with Crippen LogP contribution in [0.5, 0.6) is 0 Å². The second-order valence-corrected chi connectivity index (χ2v) is 27.7. The molecule has 364 valence electrons. The summed E-state index contributed by atoms with van der Waals surface area (Å²) in [5.41, 5.74) is 8.49. The van der Waals surface area contributed by atoms with Crippen molar-refractivity contribution in [1.29, 1.82) is 0 Å². The van der Waals surface area contributed by atoms with Gasteiger partial charge in [-0.15, -0.1) is 0 Å². The number of fused-ring (bicyclic) bond motifs is 9. The molecule has 7 heteroatoms. The van der Waals surface area contributed by atoms with E-state index in [1.165, 1.54) is 63.3 Å². The van der Waals surface area contributed by atoms with Gasteiger partial charge in [-0.2, -0.15) is 5.12 Å². The normalized spacial score (nSPS) is 13.3. The third-order valence-corrected chi connectivity index (χ3v) is 25.7. The predicted octanol–water partition coefficient (Wildman–Crippen LogP) is 11.6. The molecule has 0 bridgehead atoms. The van der Waals surface area contributed by atoms with Crippen molar-refractivity contribution in [3.05, 3.63) is 304 Å². The number of allylic oxidation sites excluding steroid dienone is 2. The van der Waals surface area contributed by atoms with Crippen LogP contribution in [-0.4, -0.2) is 25.8 Å². The van der Waals surface area contributed by atoms with Crippen LogP contribution < -0.4 is 51.5 Å². The van der Waals surface area contributed by atoms with Crippen molar-refractivity contribution in [2.45, 2.75) is 0 Å². The zero-order valence-electron chi connectivity index (χ0n) is 42.1. The Hall–Kier alpha value is -9.67. The molecule has 15 rings (SSSR count). The summed E-state index contributed by atoms with van der Waals surface area (Å²) >= 11 is 0. The number of benzene rings is 11. The molecule has 2 aliphatic heterocycles. The van der Waals surface area contributed by atoms with Crippen molar-refractivity contribution in [3.8, 4) is 5.69 Å². The van der Waals surface area contributed by atoms with Crippen molar-refractivity contribution in [3.63, 3.8) is 0 Å². The third-order valence-electron chi connectivity index (χ3n) is 16.2. The Bertz CT molecular complexity index is 4290. The maximum Gasteiger partial charge on any atom is 0.179 e. The average Bonchev–Trinajstić information content (AvgIpc) is 4.37. The van der Waals surface area contributed by atoms with Gasteiger partial charge in [-0.1, -0.05) is 224 Å². The Morgan fingerprint density at radius 2 is 0.779 bits per heavy atom. The van der Waals surface area contributed by atoms with Crippen LogP contribution in [-0.2, 0) is 0 Å². The first-order valence-electron chi connectivity index (χ1n) is 26.4. The van der Waals surface area contributed by atoms with E-state index in [1.54, 1.807) is 0 Å². The van der Waals surface area contributed by atoms with E-state index in [0.29, 0.717) is 0 Å². The molecular weight excluding hydrogens is 969 g/mol. The second-order valence-electron chi connectivity index (χ2n) is 20.1. The van der Waals surface area contributed by atoms with Crippen LogP contribution in [0, 0.1) is 0 Å². The van der Waals surface area contributed by atoms with E-state index >= 15 is 0 Å². The average molecular weight is 1020 g/mol. The quantitative estimate of drug-likeness (QED) is 0.101. The minimum atomic E-state index is -3.01. The summed E-state index contributed by atoms with van der Waals surface area (Å²) in [7, 11) is -5.79. The van der Waals surface area contributed by atoms with Gasteiger partial charge in [0.15, 0.2) is 16.1 Å². The standard InChI is InChI=1S/C70H50N4OSi2/c1-6-24-53(25-7-1)76(54-26-8-2-9-27-54,55-28-10-3-11-29-55)59-41-44-66-64(49-59)61-35-16-18-37-65(61)73(66)51-39-43-67-68(48-51)71-45-20-21-46-72(71)74(67)52-23-22-34-58(47-52)77(56-30-12-4-13-31-56,57-32-14-5-15-33-57)60-40-42-63-62-36-17-19-38-69(62)75-70(63)50-60/h1-50H. The van der Waals surface area contributed by atoms with Gasteiger partial charge in [0.2, 0.25) is 0 Å². The van der Waals surface area contributed by atoms with Gasteiger partial charge in [0, 0.05) is 39.6 Å². The van der Waals surface area contributed by atoms with Gasteiger partial charge in [0.05, 0.1) is 28.1 Å². The highest BCUT2D eigenvalue weighted by atomic mass is 28.3. The first-order valence-corrected chi connectivity index (χ1v) is 30.4. The monoisotopic (exact) mass is 1020 g/mol. The Morgan fingerprint density at radius 1 is 0.286 bits per heavy atom. The highest BCUT2D eigenvalue weighted by Crippen LogP contribution is 2.46. The number of rotatable bonds is 10. The minimum absolute atomic E-state index is 0.902. The summed E-state index contributed by atoms with van der Waals surface area (Å²) < 4.78 is 9.10. The lowest BCUT2D eigenvalue weighted by Crippen LogP contribution is -2.74. The van der Waals surface area contributed by atoms with Gasteiger partial charge < -0.3 is 8.98 Å². The molecule has 11 aromatic carbocycles. The summed E-state index contributed by atoms with van der Waals surface area (Å²) in [6, 6.07) is 104. The van der Waals surface area contributed by atoms with E-state index in [0.717, 1.165) is 44.7 Å². The number of nitrogens with zero attached hydrogens (tertiary/aromatic N) is 4. The van der Waals surface area contributed by atoms with Gasteiger partial charge in [-0.05, 0) is 108 Å². The van der Waals surface area contributed by atoms with Gasteiger partial charge in [0.25, 0.3) is 0 Å². The molecule has 0 atom stereocenters. The Labute approximate surface area is 449 Å². The molecule has 0 saturated heterocycles. The van der Waals surface area contributed by atoms with Crippen LogP contribution in [0.3, 0.4) is 0 Å². The van der Waals surface area contributed by atoms with E-state index in [4.69, 9.17) is 4.42 Å². The van der Waals surface area contributed by atoms with Crippen molar-refractivity contribution in [2.24, 2.45) is 0 Å². The molecule has 77 heavy (non-hydrogen) atoms. The van der Waals surface area contributed by atoms with Crippen LogP contribution in [0.25, 0.3) is 49.4 Å². The Kier molecular flexibility index (Phi) is 10.5. The first-order chi connectivity index (χ1) is 38.2. The Morgan fingerprint density at radius 3 is 1.43 bits per heavy atom. The Balaban J connectivity index is 0.896. The molecule has 0 unspecified atom stereocenters. The highest BCUT2D eigenvalue weighted by molar-refractivity contribution is 7.20. The van der Waals surface area contributed by atoms with E-state index in [2.05, 4.69) is 317 Å². The SMILES string of the molecule is C1=CN2c3cc(-n4c5ccccc5c5cc([Si](c6ccccc6)(c6ccccc6)c6ccccc6)ccc54)ccc3N(c3cccc([Si](c4ccccc4)(c4ccccc4)c4ccc5c(c4)oc4ccccc45)c3)N2C=C1. The fourth-order valence-electron chi connectivity index (χ4n) is 12.9. The molecular formula is C70H50N4OSi2. The molecule has 13 aromatic rings. The fourth-order valence-corrected chi connectivity index (χ4v) is 22.4. The zero-order chi connectivity index (χ0) is 50.9. The summed E-state index contributed by atoms with van der Waals surface area (Å²) in [6.45, 7) is 0. The van der Waals surface area contributed by atoms with E-state index in [-0.39, 0.29) is 0 Å².